The van der Waals surface area contributed by atoms with Crippen LogP contribution in [0.15, 0.2) is 53.0 Å². The van der Waals surface area contributed by atoms with Gasteiger partial charge in [-0.25, -0.2) is 0 Å². The van der Waals surface area contributed by atoms with E-state index in [-0.39, 0.29) is 0 Å². The first kappa shape index (κ1) is 16.6. The molecule has 0 spiro atoms. The molecular weight excluding hydrogens is 368 g/mol. The fourth-order valence-electron chi connectivity index (χ4n) is 1.81. The van der Waals surface area contributed by atoms with E-state index in [2.05, 4.69) is 15.9 Å². The average Bonchev–Trinajstić information content (AvgIpc) is 2.52. The largest absolute Gasteiger partial charge is 0.493 e. The normalized spacial score (nSPS) is 10.7. The number of carbonyl (C=O) groups excluding carboxylic acids is 1. The first-order valence-electron chi connectivity index (χ1n) is 6.51. The molecule has 0 aromatic heterocycles. The summed E-state index contributed by atoms with van der Waals surface area (Å²) in [6.45, 7) is 0.443. The van der Waals surface area contributed by atoms with Crippen molar-refractivity contribution in [1.82, 2.24) is 0 Å². The van der Waals surface area contributed by atoms with E-state index in [4.69, 9.17) is 21.1 Å². The van der Waals surface area contributed by atoms with Gasteiger partial charge in [0.1, 0.15) is 6.61 Å². The first-order valence-corrected chi connectivity index (χ1v) is 7.68. The van der Waals surface area contributed by atoms with Crippen LogP contribution in [0.4, 0.5) is 0 Å². The van der Waals surface area contributed by atoms with Gasteiger partial charge in [0.25, 0.3) is 0 Å². The zero-order valence-electron chi connectivity index (χ0n) is 11.9. The Hall–Kier alpha value is -1.78. The van der Waals surface area contributed by atoms with E-state index < -0.39 is 5.24 Å². The Morgan fingerprint density at radius 3 is 2.55 bits per heavy atom. The standard InChI is InChI=1S/C17H14BrClO3/c1-21-16-10-12(5-9-17(19)20)4-8-15(16)22-11-13-2-6-14(18)7-3-13/h2-10H,11H2,1H3/b9-5+. The zero-order valence-corrected chi connectivity index (χ0v) is 14.2. The number of hydrogen-bond donors (Lipinski definition) is 0. The summed E-state index contributed by atoms with van der Waals surface area (Å²) >= 11 is 8.67. The molecule has 0 aliphatic carbocycles. The maximum absolute atomic E-state index is 10.7. The van der Waals surface area contributed by atoms with Crippen LogP contribution in [0.25, 0.3) is 6.08 Å². The highest BCUT2D eigenvalue weighted by Gasteiger charge is 2.05. The van der Waals surface area contributed by atoms with E-state index in [1.165, 1.54) is 6.08 Å². The van der Waals surface area contributed by atoms with E-state index in [1.807, 2.05) is 30.3 Å². The third kappa shape index (κ3) is 4.90. The molecule has 2 aromatic carbocycles. The van der Waals surface area contributed by atoms with Crippen LogP contribution in [0.1, 0.15) is 11.1 Å². The van der Waals surface area contributed by atoms with Crippen molar-refractivity contribution in [2.24, 2.45) is 0 Å². The molecule has 0 saturated carbocycles. The van der Waals surface area contributed by atoms with Crippen molar-refractivity contribution in [3.8, 4) is 11.5 Å². The second-order valence-corrected chi connectivity index (χ2v) is 5.75. The molecular formula is C17H14BrClO3. The number of carbonyl (C=O) groups is 1. The summed E-state index contributed by atoms with van der Waals surface area (Å²) in [6.07, 6.45) is 2.91. The van der Waals surface area contributed by atoms with Gasteiger partial charge in [0.15, 0.2) is 11.5 Å². The second kappa shape index (κ2) is 8.01. The highest BCUT2D eigenvalue weighted by atomic mass is 79.9. The van der Waals surface area contributed by atoms with Gasteiger partial charge in [-0.15, -0.1) is 0 Å². The van der Waals surface area contributed by atoms with Crippen molar-refractivity contribution in [1.29, 1.82) is 0 Å². The number of ether oxygens (including phenoxy) is 2. The van der Waals surface area contributed by atoms with E-state index in [0.717, 1.165) is 15.6 Å². The molecule has 0 saturated heterocycles. The van der Waals surface area contributed by atoms with Crippen molar-refractivity contribution in [2.75, 3.05) is 7.11 Å². The molecule has 2 aromatic rings. The van der Waals surface area contributed by atoms with Crippen molar-refractivity contribution in [2.45, 2.75) is 6.61 Å². The third-order valence-electron chi connectivity index (χ3n) is 2.90. The Labute approximate surface area is 142 Å². The molecule has 22 heavy (non-hydrogen) atoms. The predicted molar refractivity (Wildman–Crippen MR) is 91.4 cm³/mol. The van der Waals surface area contributed by atoms with Crippen LogP contribution >= 0.6 is 27.5 Å². The minimum absolute atomic E-state index is 0.443. The van der Waals surface area contributed by atoms with Crippen LogP contribution < -0.4 is 9.47 Å². The van der Waals surface area contributed by atoms with Crippen molar-refractivity contribution < 1.29 is 14.3 Å². The molecule has 114 valence electrons. The number of rotatable bonds is 6. The molecule has 0 aliphatic rings. The number of halogens is 2. The van der Waals surface area contributed by atoms with Crippen molar-refractivity contribution in [3.05, 3.63) is 64.1 Å². The minimum atomic E-state index is -0.519. The Balaban J connectivity index is 2.10. The maximum Gasteiger partial charge on any atom is 0.245 e. The molecule has 0 fully saturated rings. The van der Waals surface area contributed by atoms with Crippen molar-refractivity contribution >= 4 is 38.8 Å². The molecule has 0 unspecified atom stereocenters. The quantitative estimate of drug-likeness (QED) is 0.532. The molecule has 5 heteroatoms. The lowest BCUT2D eigenvalue weighted by Crippen LogP contribution is -1.97. The fraction of sp³-hybridized carbons (Fsp3) is 0.118. The van der Waals surface area contributed by atoms with Gasteiger partial charge < -0.3 is 9.47 Å². The van der Waals surface area contributed by atoms with Gasteiger partial charge in [-0.1, -0.05) is 40.2 Å². The molecule has 0 atom stereocenters. The summed E-state index contributed by atoms with van der Waals surface area (Å²) in [7, 11) is 1.57. The number of methoxy groups -OCH3 is 1. The first-order chi connectivity index (χ1) is 10.6. The highest BCUT2D eigenvalue weighted by molar-refractivity contribution is 9.10. The van der Waals surface area contributed by atoms with E-state index in [9.17, 15) is 4.79 Å². The monoisotopic (exact) mass is 380 g/mol. The van der Waals surface area contributed by atoms with Gasteiger partial charge in [0.05, 0.1) is 7.11 Å². The number of allylic oxidation sites excluding steroid dienone is 1. The molecule has 3 nitrogen and oxygen atoms in total. The van der Waals surface area contributed by atoms with Gasteiger partial charge >= 0.3 is 0 Å². The minimum Gasteiger partial charge on any atom is -0.493 e. The highest BCUT2D eigenvalue weighted by Crippen LogP contribution is 2.29. The molecule has 0 N–H and O–H groups in total. The number of hydrogen-bond acceptors (Lipinski definition) is 3. The van der Waals surface area contributed by atoms with Gasteiger partial charge in [-0.3, -0.25) is 4.79 Å². The summed E-state index contributed by atoms with van der Waals surface area (Å²) in [5.74, 6) is 1.24. The Kier molecular flexibility index (Phi) is 6.04. The third-order valence-corrected chi connectivity index (χ3v) is 3.56. The summed E-state index contributed by atoms with van der Waals surface area (Å²) < 4.78 is 12.1. The maximum atomic E-state index is 10.7. The predicted octanol–water partition coefficient (Wildman–Crippen LogP) is 4.82. The molecule has 0 bridgehead atoms. The SMILES string of the molecule is COc1cc(/C=C/C(=O)Cl)ccc1OCc1ccc(Br)cc1. The Morgan fingerprint density at radius 2 is 1.91 bits per heavy atom. The van der Waals surface area contributed by atoms with Gasteiger partial charge in [-0.2, -0.15) is 0 Å². The fourth-order valence-corrected chi connectivity index (χ4v) is 2.14. The van der Waals surface area contributed by atoms with Crippen LogP contribution in [0.5, 0.6) is 11.5 Å². The Morgan fingerprint density at radius 1 is 1.18 bits per heavy atom. The van der Waals surface area contributed by atoms with Crippen LogP contribution in [0.2, 0.25) is 0 Å². The molecule has 2 rings (SSSR count). The van der Waals surface area contributed by atoms with E-state index >= 15 is 0 Å². The van der Waals surface area contributed by atoms with Crippen molar-refractivity contribution in [3.63, 3.8) is 0 Å². The summed E-state index contributed by atoms with van der Waals surface area (Å²) in [4.78, 5) is 10.7. The topological polar surface area (TPSA) is 35.5 Å². The summed E-state index contributed by atoms with van der Waals surface area (Å²) in [5.41, 5.74) is 1.86. The summed E-state index contributed by atoms with van der Waals surface area (Å²) in [5, 5.41) is -0.519. The lowest BCUT2D eigenvalue weighted by molar-refractivity contribution is -0.107. The van der Waals surface area contributed by atoms with Crippen LogP contribution in [-0.2, 0) is 11.4 Å². The lowest BCUT2D eigenvalue weighted by Gasteiger charge is -2.11. The molecule has 0 radical (unpaired) electrons. The average molecular weight is 382 g/mol. The lowest BCUT2D eigenvalue weighted by atomic mass is 10.2. The van der Waals surface area contributed by atoms with Crippen LogP contribution in [-0.4, -0.2) is 12.4 Å². The summed E-state index contributed by atoms with van der Waals surface area (Å²) in [6, 6.07) is 13.3. The zero-order chi connectivity index (χ0) is 15.9. The van der Waals surface area contributed by atoms with E-state index in [0.29, 0.717) is 18.1 Å². The van der Waals surface area contributed by atoms with E-state index in [1.54, 1.807) is 25.3 Å². The smallest absolute Gasteiger partial charge is 0.245 e. The molecule has 0 heterocycles. The second-order valence-electron chi connectivity index (χ2n) is 4.46. The van der Waals surface area contributed by atoms with Crippen LogP contribution in [0.3, 0.4) is 0 Å². The van der Waals surface area contributed by atoms with Gasteiger partial charge in [-0.05, 0) is 53.1 Å². The molecule has 0 aliphatic heterocycles. The van der Waals surface area contributed by atoms with Gasteiger partial charge in [0, 0.05) is 4.47 Å². The molecule has 0 amide bonds. The Bertz CT molecular complexity index is 681. The van der Waals surface area contributed by atoms with Crippen LogP contribution in [0, 0.1) is 0 Å². The van der Waals surface area contributed by atoms with Gasteiger partial charge in [0.2, 0.25) is 5.24 Å². The number of benzene rings is 2.